The standard InChI is InChI=1S/C17H20F3NO3/c1-3-9(2)14(16(23)24)21-15(22)13-8-12(13)10-5-4-6-11(7-10)17(18,19)20/h4-7,9,12-14H,3,8H2,1-2H3,(H,21,22)(H,23,24). The third kappa shape index (κ3) is 4.07. The smallest absolute Gasteiger partial charge is 0.416 e. The first-order chi connectivity index (χ1) is 11.1. The highest BCUT2D eigenvalue weighted by Crippen LogP contribution is 2.48. The summed E-state index contributed by atoms with van der Waals surface area (Å²) in [4.78, 5) is 23.5. The van der Waals surface area contributed by atoms with Gasteiger partial charge in [0.2, 0.25) is 5.91 Å². The first kappa shape index (κ1) is 18.3. The number of aliphatic carboxylic acids is 1. The SMILES string of the molecule is CCC(C)C(NC(=O)C1CC1c1cccc(C(F)(F)F)c1)C(=O)O. The van der Waals surface area contributed by atoms with Gasteiger partial charge in [0, 0.05) is 5.92 Å². The van der Waals surface area contributed by atoms with Crippen molar-refractivity contribution in [1.29, 1.82) is 0 Å². The van der Waals surface area contributed by atoms with Crippen LogP contribution in [0.5, 0.6) is 0 Å². The number of halogens is 3. The molecule has 0 aromatic heterocycles. The van der Waals surface area contributed by atoms with E-state index in [1.54, 1.807) is 13.0 Å². The molecule has 24 heavy (non-hydrogen) atoms. The molecule has 4 nitrogen and oxygen atoms in total. The van der Waals surface area contributed by atoms with E-state index >= 15 is 0 Å². The molecule has 132 valence electrons. The van der Waals surface area contributed by atoms with Gasteiger partial charge in [-0.3, -0.25) is 4.79 Å². The number of carboxylic acid groups (broad SMARTS) is 1. The maximum atomic E-state index is 12.8. The number of alkyl halides is 3. The van der Waals surface area contributed by atoms with Crippen molar-refractivity contribution >= 4 is 11.9 Å². The number of benzene rings is 1. The third-order valence-corrected chi connectivity index (χ3v) is 4.55. The van der Waals surface area contributed by atoms with Crippen molar-refractivity contribution in [3.05, 3.63) is 35.4 Å². The zero-order valence-electron chi connectivity index (χ0n) is 13.4. The van der Waals surface area contributed by atoms with E-state index in [9.17, 15) is 27.9 Å². The van der Waals surface area contributed by atoms with Gasteiger partial charge in [0.05, 0.1) is 5.56 Å². The van der Waals surface area contributed by atoms with Crippen LogP contribution in [0.4, 0.5) is 13.2 Å². The molecule has 0 radical (unpaired) electrons. The average molecular weight is 343 g/mol. The Balaban J connectivity index is 2.04. The minimum Gasteiger partial charge on any atom is -0.480 e. The molecule has 1 saturated carbocycles. The van der Waals surface area contributed by atoms with E-state index in [-0.39, 0.29) is 11.8 Å². The lowest BCUT2D eigenvalue weighted by molar-refractivity contribution is -0.143. The molecule has 4 unspecified atom stereocenters. The number of hydrogen-bond acceptors (Lipinski definition) is 2. The van der Waals surface area contributed by atoms with Gasteiger partial charge in [0.1, 0.15) is 6.04 Å². The number of carboxylic acids is 1. The largest absolute Gasteiger partial charge is 0.480 e. The predicted molar refractivity (Wildman–Crippen MR) is 81.3 cm³/mol. The Labute approximate surface area is 138 Å². The number of hydrogen-bond donors (Lipinski definition) is 2. The van der Waals surface area contributed by atoms with E-state index in [2.05, 4.69) is 5.32 Å². The molecule has 7 heteroatoms. The van der Waals surface area contributed by atoms with Crippen molar-refractivity contribution in [3.8, 4) is 0 Å². The second-order valence-electron chi connectivity index (χ2n) is 6.28. The monoisotopic (exact) mass is 343 g/mol. The number of carbonyl (C=O) groups excluding carboxylic acids is 1. The van der Waals surface area contributed by atoms with Crippen molar-refractivity contribution in [2.24, 2.45) is 11.8 Å². The topological polar surface area (TPSA) is 66.4 Å². The number of nitrogens with one attached hydrogen (secondary N) is 1. The van der Waals surface area contributed by atoms with E-state index in [1.165, 1.54) is 6.07 Å². The Bertz CT molecular complexity index is 630. The maximum absolute atomic E-state index is 12.8. The zero-order valence-corrected chi connectivity index (χ0v) is 13.4. The van der Waals surface area contributed by atoms with Gasteiger partial charge in [-0.25, -0.2) is 4.79 Å². The molecule has 1 fully saturated rings. The molecule has 0 saturated heterocycles. The van der Waals surface area contributed by atoms with Crippen LogP contribution in [0.2, 0.25) is 0 Å². The minimum absolute atomic E-state index is 0.225. The number of carbonyl (C=O) groups is 2. The highest BCUT2D eigenvalue weighted by Gasteiger charge is 2.45. The molecular formula is C17H20F3NO3. The van der Waals surface area contributed by atoms with Gasteiger partial charge < -0.3 is 10.4 Å². The van der Waals surface area contributed by atoms with E-state index in [0.717, 1.165) is 12.1 Å². The second-order valence-corrected chi connectivity index (χ2v) is 6.28. The quantitative estimate of drug-likeness (QED) is 0.832. The summed E-state index contributed by atoms with van der Waals surface area (Å²) in [5.41, 5.74) is -0.283. The fraction of sp³-hybridized carbons (Fsp3) is 0.529. The molecule has 0 aliphatic heterocycles. The van der Waals surface area contributed by atoms with Gasteiger partial charge in [0.25, 0.3) is 0 Å². The summed E-state index contributed by atoms with van der Waals surface area (Å²) in [6.07, 6.45) is -3.40. The molecule has 1 aliphatic carbocycles. The Morgan fingerprint density at radius 1 is 1.38 bits per heavy atom. The summed E-state index contributed by atoms with van der Waals surface area (Å²) in [5.74, 6) is -2.51. The lowest BCUT2D eigenvalue weighted by atomic mass is 9.99. The Kier molecular flexibility index (Phi) is 5.20. The van der Waals surface area contributed by atoms with E-state index in [1.807, 2.05) is 6.92 Å². The summed E-state index contributed by atoms with van der Waals surface area (Å²) in [7, 11) is 0. The van der Waals surface area contributed by atoms with Crippen molar-refractivity contribution in [2.75, 3.05) is 0 Å². The van der Waals surface area contributed by atoms with Gasteiger partial charge in [-0.05, 0) is 29.9 Å². The van der Waals surface area contributed by atoms with E-state index in [4.69, 9.17) is 0 Å². The van der Waals surface area contributed by atoms with Crippen molar-refractivity contribution < 1.29 is 27.9 Å². The van der Waals surface area contributed by atoms with Crippen LogP contribution in [0.15, 0.2) is 24.3 Å². The van der Waals surface area contributed by atoms with Crippen LogP contribution in [-0.4, -0.2) is 23.0 Å². The van der Waals surface area contributed by atoms with Crippen LogP contribution in [-0.2, 0) is 15.8 Å². The van der Waals surface area contributed by atoms with Gasteiger partial charge in [0.15, 0.2) is 0 Å². The summed E-state index contributed by atoms with van der Waals surface area (Å²) >= 11 is 0. The molecule has 4 atom stereocenters. The first-order valence-corrected chi connectivity index (χ1v) is 7.85. The summed E-state index contributed by atoms with van der Waals surface area (Å²) in [5, 5.41) is 11.7. The van der Waals surface area contributed by atoms with Crippen LogP contribution in [0.25, 0.3) is 0 Å². The van der Waals surface area contributed by atoms with Crippen molar-refractivity contribution in [3.63, 3.8) is 0 Å². The molecule has 0 spiro atoms. The van der Waals surface area contributed by atoms with Gasteiger partial charge >= 0.3 is 12.1 Å². The highest BCUT2D eigenvalue weighted by atomic mass is 19.4. The maximum Gasteiger partial charge on any atom is 0.416 e. The normalized spacial score (nSPS) is 22.5. The fourth-order valence-electron chi connectivity index (χ4n) is 2.74. The predicted octanol–water partition coefficient (Wildman–Crippen LogP) is 3.42. The van der Waals surface area contributed by atoms with Gasteiger partial charge in [-0.15, -0.1) is 0 Å². The first-order valence-electron chi connectivity index (χ1n) is 7.85. The molecule has 1 aromatic rings. The zero-order chi connectivity index (χ0) is 18.1. The summed E-state index contributed by atoms with van der Waals surface area (Å²) in [6, 6.07) is 3.96. The molecule has 1 aliphatic rings. The van der Waals surface area contributed by atoms with Crippen LogP contribution in [0.3, 0.4) is 0 Å². The van der Waals surface area contributed by atoms with Gasteiger partial charge in [-0.1, -0.05) is 38.5 Å². The van der Waals surface area contributed by atoms with Crippen LogP contribution < -0.4 is 5.32 Å². The molecule has 1 amide bonds. The molecule has 2 N–H and O–H groups in total. The number of amides is 1. The Morgan fingerprint density at radius 3 is 2.58 bits per heavy atom. The van der Waals surface area contributed by atoms with E-state index in [0.29, 0.717) is 18.4 Å². The van der Waals surface area contributed by atoms with Crippen molar-refractivity contribution in [2.45, 2.75) is 44.8 Å². The van der Waals surface area contributed by atoms with Crippen molar-refractivity contribution in [1.82, 2.24) is 5.32 Å². The molecule has 0 heterocycles. The lowest BCUT2D eigenvalue weighted by Crippen LogP contribution is -2.45. The highest BCUT2D eigenvalue weighted by molar-refractivity contribution is 5.87. The molecule has 0 bridgehead atoms. The Hall–Kier alpha value is -2.05. The minimum atomic E-state index is -4.42. The van der Waals surface area contributed by atoms with Crippen LogP contribution >= 0.6 is 0 Å². The molecule has 1 aromatic carbocycles. The van der Waals surface area contributed by atoms with Gasteiger partial charge in [-0.2, -0.15) is 13.2 Å². The van der Waals surface area contributed by atoms with E-state index < -0.39 is 35.6 Å². The number of rotatable bonds is 6. The Morgan fingerprint density at radius 2 is 2.04 bits per heavy atom. The summed E-state index contributed by atoms with van der Waals surface area (Å²) < 4.78 is 38.3. The average Bonchev–Trinajstić information content (AvgIpc) is 3.31. The third-order valence-electron chi connectivity index (χ3n) is 4.55. The molecule has 2 rings (SSSR count). The second kappa shape index (κ2) is 6.83. The van der Waals surface area contributed by atoms with Crippen LogP contribution in [0.1, 0.15) is 43.7 Å². The summed E-state index contributed by atoms with van der Waals surface area (Å²) in [6.45, 7) is 3.56. The van der Waals surface area contributed by atoms with Crippen LogP contribution in [0, 0.1) is 11.8 Å². The molecular weight excluding hydrogens is 323 g/mol. The lowest BCUT2D eigenvalue weighted by Gasteiger charge is -2.20. The fourth-order valence-corrected chi connectivity index (χ4v) is 2.74.